The minimum absolute atomic E-state index is 0.0808. The Hall–Kier alpha value is -0.830. The number of carbonyl (C=O) groups excluding carboxylic acids is 2. The molecule has 0 saturated heterocycles. The molecule has 0 radical (unpaired) electrons. The molecule has 0 aliphatic heterocycles. The molecular formula is C21H29ClO3. The second-order valence-electron chi connectivity index (χ2n) is 9.27. The van der Waals surface area contributed by atoms with Gasteiger partial charge in [0.2, 0.25) is 0 Å². The summed E-state index contributed by atoms with van der Waals surface area (Å²) in [4.78, 5) is 23.6. The van der Waals surface area contributed by atoms with Crippen LogP contribution in [0.3, 0.4) is 0 Å². The lowest BCUT2D eigenvalue weighted by Crippen LogP contribution is -2.52. The minimum atomic E-state index is -0.146. The summed E-state index contributed by atoms with van der Waals surface area (Å²) in [7, 11) is 0. The molecule has 3 nitrogen and oxygen atoms in total. The predicted molar refractivity (Wildman–Crippen MR) is 97.1 cm³/mol. The van der Waals surface area contributed by atoms with Gasteiger partial charge in [0.1, 0.15) is 6.10 Å². The van der Waals surface area contributed by atoms with E-state index in [9.17, 15) is 9.59 Å². The molecular weight excluding hydrogens is 336 g/mol. The van der Waals surface area contributed by atoms with E-state index in [0.29, 0.717) is 29.2 Å². The first-order chi connectivity index (χ1) is 11.8. The van der Waals surface area contributed by atoms with E-state index < -0.39 is 0 Å². The number of fused-ring (bicyclic) bond motifs is 5. The first-order valence-electron chi connectivity index (χ1n) is 9.87. The third-order valence-electron chi connectivity index (χ3n) is 8.27. The quantitative estimate of drug-likeness (QED) is 0.614. The number of carbonyl (C=O) groups is 2. The van der Waals surface area contributed by atoms with Crippen molar-refractivity contribution in [2.75, 3.05) is 0 Å². The number of hydrogen-bond acceptors (Lipinski definition) is 3. The van der Waals surface area contributed by atoms with Crippen molar-refractivity contribution in [1.29, 1.82) is 0 Å². The van der Waals surface area contributed by atoms with Gasteiger partial charge < -0.3 is 4.74 Å². The summed E-state index contributed by atoms with van der Waals surface area (Å²) in [6.07, 6.45) is 8.17. The Morgan fingerprint density at radius 2 is 1.84 bits per heavy atom. The van der Waals surface area contributed by atoms with Crippen molar-refractivity contribution >= 4 is 23.4 Å². The Kier molecular flexibility index (Phi) is 4.10. The summed E-state index contributed by atoms with van der Waals surface area (Å²) in [5.41, 5.74) is 1.46. The predicted octanol–water partition coefficient (Wildman–Crippen LogP) is 5.02. The number of esters is 1. The van der Waals surface area contributed by atoms with Gasteiger partial charge in [-0.05, 0) is 73.7 Å². The second kappa shape index (κ2) is 5.84. The maximum Gasteiger partial charge on any atom is 0.302 e. The zero-order valence-electron chi connectivity index (χ0n) is 15.6. The fourth-order valence-electron chi connectivity index (χ4n) is 7.00. The Bertz CT molecular complexity index is 654. The Balaban J connectivity index is 1.65. The van der Waals surface area contributed by atoms with Crippen LogP contribution in [0.1, 0.15) is 72.1 Å². The number of ether oxygens (including phenoxy) is 1. The van der Waals surface area contributed by atoms with Gasteiger partial charge in [-0.1, -0.05) is 25.4 Å². The lowest BCUT2D eigenvalue weighted by molar-refractivity contribution is -0.157. The van der Waals surface area contributed by atoms with Gasteiger partial charge in [0.15, 0.2) is 5.78 Å². The molecule has 3 unspecified atom stereocenters. The highest BCUT2D eigenvalue weighted by atomic mass is 35.5. The van der Waals surface area contributed by atoms with Crippen LogP contribution < -0.4 is 0 Å². The van der Waals surface area contributed by atoms with Crippen molar-refractivity contribution < 1.29 is 14.3 Å². The average Bonchev–Trinajstić information content (AvgIpc) is 2.88. The van der Waals surface area contributed by atoms with Crippen LogP contribution in [0, 0.1) is 28.6 Å². The van der Waals surface area contributed by atoms with Crippen molar-refractivity contribution in [2.24, 2.45) is 28.6 Å². The average molecular weight is 365 g/mol. The van der Waals surface area contributed by atoms with Crippen LogP contribution in [0.2, 0.25) is 0 Å². The second-order valence-corrected chi connectivity index (χ2v) is 9.65. The first-order valence-corrected chi connectivity index (χ1v) is 10.2. The van der Waals surface area contributed by atoms with Crippen LogP contribution in [-0.2, 0) is 14.3 Å². The van der Waals surface area contributed by atoms with Gasteiger partial charge in [-0.15, -0.1) is 0 Å². The fourth-order valence-corrected chi connectivity index (χ4v) is 7.40. The van der Waals surface area contributed by atoms with Crippen molar-refractivity contribution in [2.45, 2.75) is 78.2 Å². The number of rotatable bonds is 1. The summed E-state index contributed by atoms with van der Waals surface area (Å²) in [5.74, 6) is 1.92. The van der Waals surface area contributed by atoms with Crippen molar-refractivity contribution in [3.8, 4) is 0 Å². The Morgan fingerprint density at radius 1 is 1.08 bits per heavy atom. The van der Waals surface area contributed by atoms with E-state index >= 15 is 0 Å². The van der Waals surface area contributed by atoms with E-state index in [2.05, 4.69) is 13.8 Å². The van der Waals surface area contributed by atoms with Gasteiger partial charge in [-0.3, -0.25) is 9.59 Å². The number of ketones is 1. The summed E-state index contributed by atoms with van der Waals surface area (Å²) in [6, 6.07) is 0. The maximum absolute atomic E-state index is 12.1. The lowest BCUT2D eigenvalue weighted by atomic mass is 9.47. The van der Waals surface area contributed by atoms with Gasteiger partial charge in [0, 0.05) is 18.8 Å². The molecule has 25 heavy (non-hydrogen) atoms. The molecule has 138 valence electrons. The molecule has 0 bridgehead atoms. The molecule has 6 atom stereocenters. The Morgan fingerprint density at radius 3 is 2.56 bits per heavy atom. The first kappa shape index (κ1) is 17.6. The molecule has 0 spiro atoms. The van der Waals surface area contributed by atoms with Crippen LogP contribution >= 0.6 is 11.6 Å². The van der Waals surface area contributed by atoms with Gasteiger partial charge >= 0.3 is 5.97 Å². The molecule has 4 heteroatoms. The number of halogens is 1. The van der Waals surface area contributed by atoms with E-state index in [1.54, 1.807) is 0 Å². The monoisotopic (exact) mass is 364 g/mol. The number of hydrogen-bond donors (Lipinski definition) is 0. The molecule has 3 saturated carbocycles. The van der Waals surface area contributed by atoms with E-state index in [1.807, 2.05) is 0 Å². The maximum atomic E-state index is 12.1. The van der Waals surface area contributed by atoms with Gasteiger partial charge in [0.25, 0.3) is 0 Å². The van der Waals surface area contributed by atoms with Crippen molar-refractivity contribution in [3.63, 3.8) is 0 Å². The van der Waals surface area contributed by atoms with Crippen LogP contribution in [0.25, 0.3) is 0 Å². The highest BCUT2D eigenvalue weighted by Gasteiger charge is 2.60. The molecule has 0 aromatic rings. The van der Waals surface area contributed by atoms with E-state index in [4.69, 9.17) is 16.3 Å². The summed E-state index contributed by atoms with van der Waals surface area (Å²) < 4.78 is 5.71. The van der Waals surface area contributed by atoms with Crippen LogP contribution in [0.5, 0.6) is 0 Å². The smallest absolute Gasteiger partial charge is 0.302 e. The summed E-state index contributed by atoms with van der Waals surface area (Å²) in [6.45, 7) is 6.23. The fraction of sp³-hybridized carbons (Fsp3) is 0.810. The normalized spacial score (nSPS) is 46.3. The van der Waals surface area contributed by atoms with Crippen LogP contribution in [0.4, 0.5) is 0 Å². The van der Waals surface area contributed by atoms with Crippen LogP contribution in [0.15, 0.2) is 10.6 Å². The van der Waals surface area contributed by atoms with Crippen molar-refractivity contribution in [1.82, 2.24) is 0 Å². The highest BCUT2D eigenvalue weighted by molar-refractivity contribution is 6.43. The molecule has 4 rings (SSSR count). The highest BCUT2D eigenvalue weighted by Crippen LogP contribution is 2.66. The number of Topliss-reactive ketones (excluding diaryl/α,β-unsaturated/α-hetero) is 1. The molecule has 4 aliphatic carbocycles. The third kappa shape index (κ3) is 2.44. The summed E-state index contributed by atoms with van der Waals surface area (Å²) >= 11 is 6.45. The molecule has 0 heterocycles. The Labute approximate surface area is 155 Å². The molecule has 3 fully saturated rings. The van der Waals surface area contributed by atoms with Gasteiger partial charge in [0.05, 0.1) is 5.03 Å². The molecule has 4 aliphatic rings. The van der Waals surface area contributed by atoms with Gasteiger partial charge in [-0.25, -0.2) is 0 Å². The van der Waals surface area contributed by atoms with E-state index in [-0.39, 0.29) is 28.7 Å². The van der Waals surface area contributed by atoms with E-state index in [1.165, 1.54) is 12.5 Å². The lowest BCUT2D eigenvalue weighted by Gasteiger charge is -2.58. The number of allylic oxidation sites excluding steroid dienone is 1. The molecule has 0 N–H and O–H groups in total. The zero-order chi connectivity index (χ0) is 18.0. The van der Waals surface area contributed by atoms with Gasteiger partial charge in [-0.2, -0.15) is 0 Å². The largest absolute Gasteiger partial charge is 0.462 e. The zero-order valence-corrected chi connectivity index (χ0v) is 16.3. The molecule has 0 aromatic carbocycles. The minimum Gasteiger partial charge on any atom is -0.462 e. The third-order valence-corrected chi connectivity index (χ3v) is 8.71. The molecule has 0 amide bonds. The SMILES string of the molecule is CC(=O)O[C@H]1CC[C@H]2C3CCC4=C(Cl)C(=O)CCC4(C)[C@H]3CCC12C. The van der Waals surface area contributed by atoms with Crippen molar-refractivity contribution in [3.05, 3.63) is 10.6 Å². The summed E-state index contributed by atoms with van der Waals surface area (Å²) in [5, 5.41) is 0.546. The molecule has 0 aromatic heterocycles. The topological polar surface area (TPSA) is 43.4 Å². The van der Waals surface area contributed by atoms with Crippen LogP contribution in [-0.4, -0.2) is 17.9 Å². The standard InChI is InChI=1S/C21H29ClO3/c1-12(23)25-18-7-6-14-13-4-5-16-19(22)17(24)9-11-20(16,2)15(13)8-10-21(14,18)3/h13-15,18H,4-11H2,1-3H3/t13?,14-,15-,18-,20?,21?/m0/s1. The van der Waals surface area contributed by atoms with E-state index in [0.717, 1.165) is 44.9 Å².